The van der Waals surface area contributed by atoms with Gasteiger partial charge < -0.3 is 5.32 Å². The van der Waals surface area contributed by atoms with E-state index in [1.54, 1.807) is 0 Å². The molecule has 1 N–H and O–H groups in total. The third-order valence-corrected chi connectivity index (χ3v) is 7.03. The van der Waals surface area contributed by atoms with E-state index in [4.69, 9.17) is 0 Å². The van der Waals surface area contributed by atoms with Crippen molar-refractivity contribution in [1.29, 1.82) is 0 Å². The molecular formula is C20H25BrN2O3. The first kappa shape index (κ1) is 19.1. The van der Waals surface area contributed by atoms with Crippen molar-refractivity contribution in [3.8, 4) is 0 Å². The van der Waals surface area contributed by atoms with E-state index >= 15 is 0 Å². The molecule has 1 saturated heterocycles. The van der Waals surface area contributed by atoms with Gasteiger partial charge in [0.1, 0.15) is 0 Å². The summed E-state index contributed by atoms with van der Waals surface area (Å²) in [4.78, 5) is 39.4. The Morgan fingerprint density at radius 1 is 1.31 bits per heavy atom. The molecule has 0 spiro atoms. The number of fused-ring (bicyclic) bond motifs is 2. The van der Waals surface area contributed by atoms with Crippen LogP contribution in [0.5, 0.6) is 0 Å². The number of imide groups is 1. The van der Waals surface area contributed by atoms with E-state index < -0.39 is 5.41 Å². The summed E-state index contributed by atoms with van der Waals surface area (Å²) in [7, 11) is 0. The van der Waals surface area contributed by atoms with Crippen LogP contribution in [0.15, 0.2) is 22.7 Å². The molecule has 2 aliphatic rings. The number of aryl methyl sites for hydroxylation is 1. The number of halogens is 1. The predicted molar refractivity (Wildman–Crippen MR) is 103 cm³/mol. The molecule has 1 aromatic carbocycles. The van der Waals surface area contributed by atoms with E-state index in [0.717, 1.165) is 28.6 Å². The smallest absolute Gasteiger partial charge is 0.235 e. The minimum absolute atomic E-state index is 0.107. The number of anilines is 1. The van der Waals surface area contributed by atoms with Crippen molar-refractivity contribution >= 4 is 39.3 Å². The van der Waals surface area contributed by atoms with Crippen LogP contribution in [0.25, 0.3) is 0 Å². The fourth-order valence-corrected chi connectivity index (χ4v) is 4.78. The molecular weight excluding hydrogens is 396 g/mol. The van der Waals surface area contributed by atoms with Crippen molar-refractivity contribution in [3.05, 3.63) is 28.2 Å². The maximum atomic E-state index is 13.0. The van der Waals surface area contributed by atoms with Gasteiger partial charge in [-0.1, -0.05) is 36.7 Å². The minimum atomic E-state index is -0.523. The Labute approximate surface area is 162 Å². The number of nitrogens with zero attached hydrogens (tertiary/aromatic N) is 1. The summed E-state index contributed by atoms with van der Waals surface area (Å²) in [5, 5.41) is 2.86. The van der Waals surface area contributed by atoms with Gasteiger partial charge >= 0.3 is 0 Å². The molecule has 1 aliphatic heterocycles. The van der Waals surface area contributed by atoms with Crippen LogP contribution in [0.3, 0.4) is 0 Å². The standard InChI is InChI=1S/C20H25BrN2O3/c1-12-11-13(21)5-6-15(12)22-16(24)8-10-23-17(25)14-7-9-20(4,18(23)26)19(14,2)3/h5-6,11,14H,7-10H2,1-4H3,(H,22,24). The molecule has 2 fully saturated rings. The zero-order valence-corrected chi connectivity index (χ0v) is 17.3. The first-order valence-electron chi connectivity index (χ1n) is 9.00. The number of benzene rings is 1. The molecule has 0 radical (unpaired) electrons. The highest BCUT2D eigenvalue weighted by Crippen LogP contribution is 2.60. The van der Waals surface area contributed by atoms with Crippen molar-refractivity contribution in [2.75, 3.05) is 11.9 Å². The number of rotatable bonds is 4. The summed E-state index contributed by atoms with van der Waals surface area (Å²) in [5.41, 5.74) is 0.839. The second-order valence-electron chi connectivity index (χ2n) is 8.20. The molecule has 5 nitrogen and oxygen atoms in total. The average Bonchev–Trinajstić information content (AvgIpc) is 2.74. The lowest BCUT2D eigenvalue weighted by Gasteiger charge is -2.47. The molecule has 2 unspecified atom stereocenters. The third kappa shape index (κ3) is 2.88. The number of hydrogen-bond donors (Lipinski definition) is 1. The number of piperidine rings is 1. The van der Waals surface area contributed by atoms with Gasteiger partial charge in [0.25, 0.3) is 0 Å². The first-order valence-corrected chi connectivity index (χ1v) is 9.79. The molecule has 3 rings (SSSR count). The Morgan fingerprint density at radius 3 is 2.65 bits per heavy atom. The normalized spacial score (nSPS) is 27.0. The number of nitrogens with one attached hydrogen (secondary N) is 1. The molecule has 1 aromatic rings. The van der Waals surface area contributed by atoms with Gasteiger partial charge in [-0.25, -0.2) is 0 Å². The van der Waals surface area contributed by atoms with Crippen molar-refractivity contribution in [2.45, 2.75) is 47.0 Å². The van der Waals surface area contributed by atoms with Gasteiger partial charge in [-0.3, -0.25) is 19.3 Å². The van der Waals surface area contributed by atoms with Gasteiger partial charge in [-0.2, -0.15) is 0 Å². The first-order chi connectivity index (χ1) is 12.1. The third-order valence-electron chi connectivity index (χ3n) is 6.53. The topological polar surface area (TPSA) is 66.5 Å². The molecule has 3 amide bonds. The van der Waals surface area contributed by atoms with Crippen LogP contribution in [-0.4, -0.2) is 29.2 Å². The number of hydrogen-bond acceptors (Lipinski definition) is 3. The van der Waals surface area contributed by atoms with E-state index in [1.165, 1.54) is 4.90 Å². The number of carbonyl (C=O) groups is 3. The van der Waals surface area contributed by atoms with Crippen molar-refractivity contribution in [3.63, 3.8) is 0 Å². The lowest BCUT2D eigenvalue weighted by Crippen LogP contribution is -2.59. The van der Waals surface area contributed by atoms with Gasteiger partial charge in [-0.15, -0.1) is 0 Å². The summed E-state index contributed by atoms with van der Waals surface area (Å²) in [6.45, 7) is 8.04. The van der Waals surface area contributed by atoms with Gasteiger partial charge in [-0.05, 0) is 48.9 Å². The van der Waals surface area contributed by atoms with E-state index in [9.17, 15) is 14.4 Å². The van der Waals surface area contributed by atoms with Gasteiger partial charge in [0, 0.05) is 29.0 Å². The molecule has 6 heteroatoms. The summed E-state index contributed by atoms with van der Waals surface area (Å²) in [6, 6.07) is 5.62. The molecule has 1 aliphatic carbocycles. The summed E-state index contributed by atoms with van der Waals surface area (Å²) >= 11 is 3.40. The van der Waals surface area contributed by atoms with Gasteiger partial charge in [0.2, 0.25) is 17.7 Å². The molecule has 1 saturated carbocycles. The highest BCUT2D eigenvalue weighted by molar-refractivity contribution is 9.10. The van der Waals surface area contributed by atoms with Crippen LogP contribution in [0.1, 0.15) is 45.6 Å². The second kappa shape index (κ2) is 6.48. The Bertz CT molecular complexity index is 789. The minimum Gasteiger partial charge on any atom is -0.326 e. The Morgan fingerprint density at radius 2 is 2.00 bits per heavy atom. The van der Waals surface area contributed by atoms with E-state index in [2.05, 4.69) is 21.2 Å². The highest BCUT2D eigenvalue weighted by atomic mass is 79.9. The monoisotopic (exact) mass is 420 g/mol. The van der Waals surface area contributed by atoms with Crippen LogP contribution in [0.4, 0.5) is 5.69 Å². The average molecular weight is 421 g/mol. The highest BCUT2D eigenvalue weighted by Gasteiger charge is 2.64. The van der Waals surface area contributed by atoms with Crippen molar-refractivity contribution in [2.24, 2.45) is 16.7 Å². The van der Waals surface area contributed by atoms with E-state index in [-0.39, 0.29) is 42.0 Å². The van der Waals surface area contributed by atoms with Crippen LogP contribution in [0.2, 0.25) is 0 Å². The number of likely N-dealkylation sites (tertiary alicyclic amines) is 1. The van der Waals surface area contributed by atoms with Crippen molar-refractivity contribution < 1.29 is 14.4 Å². The molecule has 140 valence electrons. The molecule has 1 heterocycles. The Kier molecular flexibility index (Phi) is 4.76. The predicted octanol–water partition coefficient (Wildman–Crippen LogP) is 3.90. The number of amides is 3. The fourth-order valence-electron chi connectivity index (χ4n) is 4.31. The maximum Gasteiger partial charge on any atom is 0.235 e. The van der Waals surface area contributed by atoms with Crippen LogP contribution in [-0.2, 0) is 14.4 Å². The SMILES string of the molecule is Cc1cc(Br)ccc1NC(=O)CCN1C(=O)C2CCC(C)(C1=O)C2(C)C. The lowest BCUT2D eigenvalue weighted by molar-refractivity contribution is -0.167. The Balaban J connectivity index is 1.67. The second-order valence-corrected chi connectivity index (χ2v) is 9.11. The zero-order chi connectivity index (χ0) is 19.3. The van der Waals surface area contributed by atoms with Crippen LogP contribution in [0, 0.1) is 23.7 Å². The van der Waals surface area contributed by atoms with Crippen LogP contribution >= 0.6 is 15.9 Å². The molecule has 0 aromatic heterocycles. The maximum absolute atomic E-state index is 13.0. The Hall–Kier alpha value is -1.69. The lowest BCUT2D eigenvalue weighted by atomic mass is 9.62. The number of carbonyl (C=O) groups excluding carboxylic acids is 3. The molecule has 2 atom stereocenters. The van der Waals surface area contributed by atoms with Crippen LogP contribution < -0.4 is 5.32 Å². The van der Waals surface area contributed by atoms with Crippen molar-refractivity contribution in [1.82, 2.24) is 4.90 Å². The quantitative estimate of drug-likeness (QED) is 0.750. The molecule has 26 heavy (non-hydrogen) atoms. The van der Waals surface area contributed by atoms with Gasteiger partial charge in [0.05, 0.1) is 5.41 Å². The van der Waals surface area contributed by atoms with Gasteiger partial charge in [0.15, 0.2) is 0 Å². The van der Waals surface area contributed by atoms with E-state index in [1.807, 2.05) is 45.9 Å². The summed E-state index contributed by atoms with van der Waals surface area (Å²) < 4.78 is 0.948. The zero-order valence-electron chi connectivity index (χ0n) is 15.7. The summed E-state index contributed by atoms with van der Waals surface area (Å²) in [5.74, 6) is -0.586. The summed E-state index contributed by atoms with van der Waals surface area (Å²) in [6.07, 6.45) is 1.58. The van der Waals surface area contributed by atoms with E-state index in [0.29, 0.717) is 0 Å². The fraction of sp³-hybridized carbons (Fsp3) is 0.550. The molecule has 2 bridgehead atoms. The largest absolute Gasteiger partial charge is 0.326 e.